The minimum atomic E-state index is -0.346. The van der Waals surface area contributed by atoms with Crippen LogP contribution in [0.4, 0.5) is 0 Å². The van der Waals surface area contributed by atoms with Gasteiger partial charge in [0.2, 0.25) is 0 Å². The van der Waals surface area contributed by atoms with Gasteiger partial charge in [0, 0.05) is 19.1 Å². The van der Waals surface area contributed by atoms with Crippen LogP contribution < -0.4 is 5.73 Å². The van der Waals surface area contributed by atoms with Crippen LogP contribution in [-0.4, -0.2) is 37.1 Å². The molecule has 0 amide bonds. The largest absolute Gasteiger partial charge is 0.465 e. The van der Waals surface area contributed by atoms with Crippen molar-refractivity contribution in [2.75, 3.05) is 20.2 Å². The third-order valence-corrected chi connectivity index (χ3v) is 3.81. The number of ether oxygens (including phenoxy) is 1. The van der Waals surface area contributed by atoms with Crippen molar-refractivity contribution in [1.82, 2.24) is 4.90 Å². The summed E-state index contributed by atoms with van der Waals surface area (Å²) in [5.41, 5.74) is 6.52. The molecule has 106 valence electrons. The first kappa shape index (κ1) is 14.1. The summed E-state index contributed by atoms with van der Waals surface area (Å²) in [7, 11) is 1.38. The van der Waals surface area contributed by atoms with Crippen molar-refractivity contribution >= 4 is 5.97 Å². The van der Waals surface area contributed by atoms with E-state index < -0.39 is 0 Å². The number of nitrogens with zero attached hydrogens (tertiary/aromatic N) is 1. The highest BCUT2D eigenvalue weighted by Gasteiger charge is 2.24. The van der Waals surface area contributed by atoms with Crippen LogP contribution in [-0.2, 0) is 11.3 Å². The molecule has 19 heavy (non-hydrogen) atoms. The molecule has 2 N–H and O–H groups in total. The Bertz CT molecular complexity index is 456. The topological polar surface area (TPSA) is 68.7 Å². The first-order valence-corrected chi connectivity index (χ1v) is 6.66. The van der Waals surface area contributed by atoms with Crippen molar-refractivity contribution in [3.63, 3.8) is 0 Å². The second-order valence-electron chi connectivity index (χ2n) is 5.34. The molecule has 2 unspecified atom stereocenters. The Morgan fingerprint density at radius 2 is 2.37 bits per heavy atom. The normalized spacial score (nSPS) is 24.4. The van der Waals surface area contributed by atoms with Gasteiger partial charge in [0.1, 0.15) is 17.1 Å². The van der Waals surface area contributed by atoms with Gasteiger partial charge in [-0.3, -0.25) is 4.90 Å². The van der Waals surface area contributed by atoms with Crippen molar-refractivity contribution in [3.8, 4) is 0 Å². The highest BCUT2D eigenvalue weighted by atomic mass is 16.5. The zero-order valence-electron chi connectivity index (χ0n) is 11.8. The summed E-state index contributed by atoms with van der Waals surface area (Å²) < 4.78 is 10.4. The maximum Gasteiger partial charge on any atom is 0.341 e. The summed E-state index contributed by atoms with van der Waals surface area (Å²) in [5.74, 6) is 1.57. The fourth-order valence-electron chi connectivity index (χ4n) is 2.55. The highest BCUT2D eigenvalue weighted by Crippen LogP contribution is 2.21. The predicted molar refractivity (Wildman–Crippen MR) is 71.8 cm³/mol. The lowest BCUT2D eigenvalue weighted by molar-refractivity contribution is 0.0599. The molecule has 0 saturated carbocycles. The number of furan rings is 1. The fraction of sp³-hybridized carbons (Fsp3) is 0.643. The van der Waals surface area contributed by atoms with Gasteiger partial charge in [-0.05, 0) is 25.3 Å². The Morgan fingerprint density at radius 3 is 3.00 bits per heavy atom. The third kappa shape index (κ3) is 3.16. The minimum absolute atomic E-state index is 0.292. The molecule has 1 saturated heterocycles. The van der Waals surface area contributed by atoms with Gasteiger partial charge in [-0.2, -0.15) is 0 Å². The van der Waals surface area contributed by atoms with Crippen LogP contribution in [0.15, 0.2) is 10.5 Å². The first-order valence-electron chi connectivity index (χ1n) is 6.66. The van der Waals surface area contributed by atoms with E-state index in [1.165, 1.54) is 7.11 Å². The zero-order chi connectivity index (χ0) is 14.0. The molecule has 0 aliphatic carbocycles. The first-order chi connectivity index (χ1) is 9.01. The Hall–Kier alpha value is -1.33. The standard InChI is InChI=1S/C14H22N2O3/c1-9-7-16(5-4-13(9)15)8-11-6-12(10(2)19-11)14(17)18-3/h6,9,13H,4-5,7-8,15H2,1-3H3. The van der Waals surface area contributed by atoms with E-state index in [2.05, 4.69) is 11.8 Å². The number of likely N-dealkylation sites (tertiary alicyclic amines) is 1. The zero-order valence-corrected chi connectivity index (χ0v) is 11.8. The lowest BCUT2D eigenvalue weighted by atomic mass is 9.95. The number of methoxy groups -OCH3 is 1. The van der Waals surface area contributed by atoms with Crippen molar-refractivity contribution in [3.05, 3.63) is 23.2 Å². The molecule has 5 nitrogen and oxygen atoms in total. The van der Waals surface area contributed by atoms with Gasteiger partial charge in [-0.15, -0.1) is 0 Å². The van der Waals surface area contributed by atoms with Crippen LogP contribution in [0.5, 0.6) is 0 Å². The number of nitrogens with two attached hydrogens (primary N) is 1. The number of hydrogen-bond donors (Lipinski definition) is 1. The average Bonchev–Trinajstić information content (AvgIpc) is 2.74. The Balaban J connectivity index is 2.02. The van der Waals surface area contributed by atoms with Gasteiger partial charge in [-0.1, -0.05) is 6.92 Å². The van der Waals surface area contributed by atoms with Gasteiger partial charge < -0.3 is 14.9 Å². The van der Waals surface area contributed by atoms with E-state index in [0.717, 1.165) is 31.8 Å². The highest BCUT2D eigenvalue weighted by molar-refractivity contribution is 5.90. The number of piperidine rings is 1. The number of hydrogen-bond acceptors (Lipinski definition) is 5. The molecular weight excluding hydrogens is 244 g/mol. The van der Waals surface area contributed by atoms with Crippen molar-refractivity contribution in [1.29, 1.82) is 0 Å². The van der Waals surface area contributed by atoms with Gasteiger partial charge in [0.15, 0.2) is 0 Å². The summed E-state index contributed by atoms with van der Waals surface area (Å²) >= 11 is 0. The van der Waals surface area contributed by atoms with Crippen LogP contribution >= 0.6 is 0 Å². The summed E-state index contributed by atoms with van der Waals surface area (Å²) in [5, 5.41) is 0. The van der Waals surface area contributed by atoms with Gasteiger partial charge in [-0.25, -0.2) is 4.79 Å². The molecule has 0 bridgehead atoms. The summed E-state index contributed by atoms with van der Waals surface area (Å²) in [6.45, 7) is 6.61. The van der Waals surface area contributed by atoms with Gasteiger partial charge in [0.25, 0.3) is 0 Å². The van der Waals surface area contributed by atoms with Gasteiger partial charge >= 0.3 is 5.97 Å². The number of carbonyl (C=O) groups excluding carboxylic acids is 1. The molecule has 2 atom stereocenters. The number of aryl methyl sites for hydroxylation is 1. The molecule has 5 heteroatoms. The van der Waals surface area contributed by atoms with Crippen LogP contribution in [0, 0.1) is 12.8 Å². The second kappa shape index (κ2) is 5.75. The third-order valence-electron chi connectivity index (χ3n) is 3.81. The summed E-state index contributed by atoms with van der Waals surface area (Å²) in [4.78, 5) is 13.8. The van der Waals surface area contributed by atoms with Crippen molar-refractivity contribution in [2.45, 2.75) is 32.9 Å². The molecule has 0 spiro atoms. The molecule has 2 heterocycles. The molecule has 0 aromatic carbocycles. The second-order valence-corrected chi connectivity index (χ2v) is 5.34. The maximum absolute atomic E-state index is 11.5. The summed E-state index contributed by atoms with van der Waals surface area (Å²) in [6, 6.07) is 2.07. The van der Waals surface area contributed by atoms with Crippen LogP contribution in [0.25, 0.3) is 0 Å². The number of esters is 1. The van der Waals surface area contributed by atoms with Crippen molar-refractivity contribution < 1.29 is 13.9 Å². The molecule has 1 aliphatic rings. The molecule has 1 fully saturated rings. The Kier molecular flexibility index (Phi) is 4.27. The van der Waals surface area contributed by atoms with E-state index in [4.69, 9.17) is 14.9 Å². The van der Waals surface area contributed by atoms with E-state index in [9.17, 15) is 4.79 Å². The number of rotatable bonds is 3. The molecule has 2 rings (SSSR count). The van der Waals surface area contributed by atoms with Crippen LogP contribution in [0.2, 0.25) is 0 Å². The lowest BCUT2D eigenvalue weighted by Gasteiger charge is -2.34. The quantitative estimate of drug-likeness (QED) is 0.841. The Morgan fingerprint density at radius 1 is 1.63 bits per heavy atom. The average molecular weight is 266 g/mol. The molecule has 1 aliphatic heterocycles. The van der Waals surface area contributed by atoms with Gasteiger partial charge in [0.05, 0.1) is 13.7 Å². The van der Waals surface area contributed by atoms with Crippen molar-refractivity contribution in [2.24, 2.45) is 11.7 Å². The van der Waals surface area contributed by atoms with E-state index in [1.807, 2.05) is 0 Å². The number of carbonyl (C=O) groups is 1. The molecular formula is C14H22N2O3. The van der Waals surface area contributed by atoms with E-state index >= 15 is 0 Å². The maximum atomic E-state index is 11.5. The Labute approximate surface area is 113 Å². The molecule has 0 radical (unpaired) electrons. The molecule has 1 aromatic heterocycles. The van der Waals surface area contributed by atoms with E-state index in [-0.39, 0.29) is 5.97 Å². The minimum Gasteiger partial charge on any atom is -0.465 e. The smallest absolute Gasteiger partial charge is 0.341 e. The van der Waals surface area contributed by atoms with E-state index in [1.54, 1.807) is 13.0 Å². The molecule has 1 aromatic rings. The SMILES string of the molecule is COC(=O)c1cc(CN2CCC(N)C(C)C2)oc1C. The van der Waals surface area contributed by atoms with E-state index in [0.29, 0.717) is 23.3 Å². The van der Waals surface area contributed by atoms with Crippen LogP contribution in [0.3, 0.4) is 0 Å². The lowest BCUT2D eigenvalue weighted by Crippen LogP contribution is -2.45. The fourth-order valence-corrected chi connectivity index (χ4v) is 2.55. The predicted octanol–water partition coefficient (Wildman–Crippen LogP) is 1.54. The monoisotopic (exact) mass is 266 g/mol. The summed E-state index contributed by atoms with van der Waals surface area (Å²) in [6.07, 6.45) is 1.00. The van der Waals surface area contributed by atoms with Crippen LogP contribution in [0.1, 0.15) is 35.2 Å².